The van der Waals surface area contributed by atoms with Crippen molar-refractivity contribution in [3.05, 3.63) is 30.1 Å². The third-order valence-electron chi connectivity index (χ3n) is 5.19. The summed E-state index contributed by atoms with van der Waals surface area (Å²) in [6.45, 7) is 2.67. The third kappa shape index (κ3) is 5.07. The zero-order chi connectivity index (χ0) is 19.4. The van der Waals surface area contributed by atoms with Crippen molar-refractivity contribution in [1.29, 1.82) is 0 Å². The summed E-state index contributed by atoms with van der Waals surface area (Å²) in [6.07, 6.45) is 4.38. The molecule has 7 nitrogen and oxygen atoms in total. The van der Waals surface area contributed by atoms with E-state index in [1.807, 2.05) is 36.2 Å². The van der Waals surface area contributed by atoms with Crippen LogP contribution in [-0.4, -0.2) is 61.7 Å². The number of imidazole rings is 1. The molecule has 1 aliphatic heterocycles. The van der Waals surface area contributed by atoms with E-state index in [0.29, 0.717) is 11.7 Å². The number of aromatic nitrogens is 2. The van der Waals surface area contributed by atoms with Crippen molar-refractivity contribution in [3.8, 4) is 0 Å². The minimum absolute atomic E-state index is 0.0278. The van der Waals surface area contributed by atoms with Crippen molar-refractivity contribution >= 4 is 26.8 Å². The van der Waals surface area contributed by atoms with Gasteiger partial charge in [0.05, 0.1) is 11.0 Å². The molecule has 1 aromatic heterocycles. The standard InChI is InChI=1S/C19H28N4O3S/c1-20-10-7-15-8-11-22(12-9-15)19(24)13-23-17-6-4-3-5-16(17)21-18(23)14-27(2,25)26/h3-6,15,20H,7-14H2,1-2H3. The summed E-state index contributed by atoms with van der Waals surface area (Å²) in [7, 11) is -1.28. The molecule has 0 spiro atoms. The first-order valence-electron chi connectivity index (χ1n) is 9.41. The van der Waals surface area contributed by atoms with Crippen LogP contribution in [0.15, 0.2) is 24.3 Å². The summed E-state index contributed by atoms with van der Waals surface area (Å²) < 4.78 is 25.3. The van der Waals surface area contributed by atoms with E-state index >= 15 is 0 Å². The lowest BCUT2D eigenvalue weighted by Crippen LogP contribution is -2.40. The summed E-state index contributed by atoms with van der Waals surface area (Å²) >= 11 is 0. The van der Waals surface area contributed by atoms with Crippen molar-refractivity contribution in [2.45, 2.75) is 31.6 Å². The highest BCUT2D eigenvalue weighted by molar-refractivity contribution is 7.89. The number of carbonyl (C=O) groups excluding carboxylic acids is 1. The normalized spacial score (nSPS) is 16.1. The van der Waals surface area contributed by atoms with E-state index in [0.717, 1.165) is 49.9 Å². The Hall–Kier alpha value is -1.93. The second-order valence-corrected chi connectivity index (χ2v) is 9.53. The number of rotatable bonds is 7. The summed E-state index contributed by atoms with van der Waals surface area (Å²) in [5.41, 5.74) is 1.52. The smallest absolute Gasteiger partial charge is 0.242 e. The van der Waals surface area contributed by atoms with Crippen LogP contribution in [0, 0.1) is 5.92 Å². The van der Waals surface area contributed by atoms with Gasteiger partial charge in [-0.2, -0.15) is 0 Å². The number of carbonyl (C=O) groups is 1. The van der Waals surface area contributed by atoms with Gasteiger partial charge in [0, 0.05) is 19.3 Å². The number of amides is 1. The van der Waals surface area contributed by atoms with Crippen LogP contribution in [-0.2, 0) is 26.9 Å². The van der Waals surface area contributed by atoms with Gasteiger partial charge in [0.1, 0.15) is 18.1 Å². The molecule has 2 heterocycles. The first-order valence-corrected chi connectivity index (χ1v) is 11.5. The Labute approximate surface area is 160 Å². The molecule has 1 saturated heterocycles. The summed E-state index contributed by atoms with van der Waals surface area (Å²) in [6, 6.07) is 7.46. The van der Waals surface area contributed by atoms with Gasteiger partial charge in [0.15, 0.2) is 9.84 Å². The van der Waals surface area contributed by atoms with Gasteiger partial charge in [-0.15, -0.1) is 0 Å². The lowest BCUT2D eigenvalue weighted by atomic mass is 9.93. The lowest BCUT2D eigenvalue weighted by Gasteiger charge is -2.32. The number of nitrogens with zero attached hydrogens (tertiary/aromatic N) is 3. The van der Waals surface area contributed by atoms with E-state index in [4.69, 9.17) is 0 Å². The average molecular weight is 393 g/mol. The van der Waals surface area contributed by atoms with Crippen molar-refractivity contribution in [2.24, 2.45) is 5.92 Å². The number of para-hydroxylation sites is 2. The van der Waals surface area contributed by atoms with E-state index < -0.39 is 9.84 Å². The van der Waals surface area contributed by atoms with Crippen LogP contribution in [0.4, 0.5) is 0 Å². The Bertz CT molecular complexity index is 899. The molecule has 1 N–H and O–H groups in total. The van der Waals surface area contributed by atoms with E-state index in [9.17, 15) is 13.2 Å². The van der Waals surface area contributed by atoms with Crippen molar-refractivity contribution in [3.63, 3.8) is 0 Å². The molecule has 1 fully saturated rings. The van der Waals surface area contributed by atoms with Gasteiger partial charge in [0.25, 0.3) is 0 Å². The van der Waals surface area contributed by atoms with Crippen molar-refractivity contribution in [1.82, 2.24) is 19.8 Å². The Balaban J connectivity index is 1.74. The zero-order valence-electron chi connectivity index (χ0n) is 16.0. The molecule has 0 bridgehead atoms. The summed E-state index contributed by atoms with van der Waals surface area (Å²) in [5.74, 6) is 0.952. The highest BCUT2D eigenvalue weighted by atomic mass is 32.2. The SMILES string of the molecule is CNCCC1CCN(C(=O)Cn2c(CS(C)(=O)=O)nc3ccccc32)CC1. The van der Waals surface area contributed by atoms with Crippen LogP contribution < -0.4 is 5.32 Å². The molecule has 8 heteroatoms. The van der Waals surface area contributed by atoms with Gasteiger partial charge in [0.2, 0.25) is 5.91 Å². The Kier molecular flexibility index (Phi) is 6.16. The topological polar surface area (TPSA) is 84.3 Å². The Morgan fingerprint density at radius 1 is 1.26 bits per heavy atom. The number of hydrogen-bond acceptors (Lipinski definition) is 5. The Morgan fingerprint density at radius 2 is 1.96 bits per heavy atom. The molecule has 0 atom stereocenters. The molecule has 1 amide bonds. The predicted molar refractivity (Wildman–Crippen MR) is 106 cm³/mol. The van der Waals surface area contributed by atoms with Crippen molar-refractivity contribution in [2.75, 3.05) is 32.9 Å². The van der Waals surface area contributed by atoms with Crippen LogP contribution in [0.5, 0.6) is 0 Å². The van der Waals surface area contributed by atoms with Crippen LogP contribution >= 0.6 is 0 Å². The van der Waals surface area contributed by atoms with Gasteiger partial charge in [-0.3, -0.25) is 4.79 Å². The number of nitrogens with one attached hydrogen (secondary N) is 1. The van der Waals surface area contributed by atoms with Crippen molar-refractivity contribution < 1.29 is 13.2 Å². The second kappa shape index (κ2) is 8.39. The monoisotopic (exact) mass is 392 g/mol. The van der Waals surface area contributed by atoms with Gasteiger partial charge in [-0.25, -0.2) is 13.4 Å². The minimum Gasteiger partial charge on any atom is -0.341 e. The highest BCUT2D eigenvalue weighted by Crippen LogP contribution is 2.22. The average Bonchev–Trinajstić information content (AvgIpc) is 2.96. The first kappa shape index (κ1) is 19.8. The van der Waals surface area contributed by atoms with Gasteiger partial charge >= 0.3 is 0 Å². The maximum atomic E-state index is 12.9. The summed E-state index contributed by atoms with van der Waals surface area (Å²) in [5, 5.41) is 3.18. The molecule has 2 aromatic rings. The lowest BCUT2D eigenvalue weighted by molar-refractivity contribution is -0.133. The van der Waals surface area contributed by atoms with Crippen LogP contribution in [0.2, 0.25) is 0 Å². The van der Waals surface area contributed by atoms with Gasteiger partial charge in [-0.05, 0) is 50.9 Å². The van der Waals surface area contributed by atoms with E-state index in [-0.39, 0.29) is 18.2 Å². The fourth-order valence-corrected chi connectivity index (χ4v) is 4.39. The maximum absolute atomic E-state index is 12.9. The molecule has 0 radical (unpaired) electrons. The molecular formula is C19H28N4O3S. The number of hydrogen-bond donors (Lipinski definition) is 1. The van der Waals surface area contributed by atoms with E-state index in [1.54, 1.807) is 4.57 Å². The maximum Gasteiger partial charge on any atom is 0.242 e. The minimum atomic E-state index is -3.24. The molecule has 27 heavy (non-hydrogen) atoms. The Morgan fingerprint density at radius 3 is 2.63 bits per heavy atom. The quantitative estimate of drug-likeness (QED) is 0.771. The summed E-state index contributed by atoms with van der Waals surface area (Å²) in [4.78, 5) is 19.2. The largest absolute Gasteiger partial charge is 0.341 e. The van der Waals surface area contributed by atoms with Crippen LogP contribution in [0.25, 0.3) is 11.0 Å². The number of sulfone groups is 1. The molecule has 1 aliphatic rings. The van der Waals surface area contributed by atoms with Crippen LogP contribution in [0.1, 0.15) is 25.1 Å². The molecule has 3 rings (SSSR count). The zero-order valence-corrected chi connectivity index (χ0v) is 16.8. The third-order valence-corrected chi connectivity index (χ3v) is 5.97. The highest BCUT2D eigenvalue weighted by Gasteiger charge is 2.24. The number of likely N-dealkylation sites (tertiary alicyclic amines) is 1. The van der Waals surface area contributed by atoms with E-state index in [1.165, 1.54) is 6.26 Å². The molecule has 0 aliphatic carbocycles. The molecule has 148 valence electrons. The molecule has 0 unspecified atom stereocenters. The van der Waals surface area contributed by atoms with Gasteiger partial charge < -0.3 is 14.8 Å². The fourth-order valence-electron chi connectivity index (χ4n) is 3.70. The first-order chi connectivity index (χ1) is 12.9. The fraction of sp³-hybridized carbons (Fsp3) is 0.579. The molecule has 0 saturated carbocycles. The molecular weight excluding hydrogens is 364 g/mol. The van der Waals surface area contributed by atoms with Gasteiger partial charge in [-0.1, -0.05) is 12.1 Å². The number of benzene rings is 1. The second-order valence-electron chi connectivity index (χ2n) is 7.39. The number of fused-ring (bicyclic) bond motifs is 1. The predicted octanol–water partition coefficient (Wildman–Crippen LogP) is 1.43. The molecule has 1 aromatic carbocycles. The van der Waals surface area contributed by atoms with Crippen LogP contribution in [0.3, 0.4) is 0 Å². The number of piperidine rings is 1. The van der Waals surface area contributed by atoms with E-state index in [2.05, 4.69) is 10.3 Å².